The molecule has 1 N–H and O–H groups in total. The van der Waals surface area contributed by atoms with E-state index in [4.69, 9.17) is 9.05 Å². The van der Waals surface area contributed by atoms with Gasteiger partial charge in [-0.3, -0.25) is 4.57 Å². The fourth-order valence-electron chi connectivity index (χ4n) is 2.21. The molecule has 0 radical (unpaired) electrons. The average molecular weight is 275 g/mol. The fraction of sp³-hybridized carbons (Fsp3) is 0.846. The van der Waals surface area contributed by atoms with Crippen LogP contribution in [-0.4, -0.2) is 25.8 Å². The Kier molecular flexibility index (Phi) is 7.84. The van der Waals surface area contributed by atoms with Gasteiger partial charge in [-0.1, -0.05) is 25.3 Å². The Morgan fingerprint density at radius 3 is 2.33 bits per heavy atom. The zero-order valence-electron chi connectivity index (χ0n) is 11.6. The van der Waals surface area contributed by atoms with Crippen LogP contribution in [0.2, 0.25) is 0 Å². The van der Waals surface area contributed by atoms with E-state index in [9.17, 15) is 4.57 Å². The van der Waals surface area contributed by atoms with Crippen molar-refractivity contribution in [3.05, 3.63) is 11.9 Å². The van der Waals surface area contributed by atoms with Crippen LogP contribution in [0.25, 0.3) is 0 Å². The molecule has 0 heterocycles. The van der Waals surface area contributed by atoms with Gasteiger partial charge in [0, 0.05) is 18.4 Å². The first-order valence-corrected chi connectivity index (χ1v) is 8.61. The van der Waals surface area contributed by atoms with Crippen LogP contribution in [0.1, 0.15) is 46.0 Å². The fourth-order valence-corrected chi connectivity index (χ4v) is 3.54. The molecule has 0 saturated heterocycles. The van der Waals surface area contributed by atoms with Crippen LogP contribution in [-0.2, 0) is 13.6 Å². The molecule has 0 atom stereocenters. The molecule has 0 aliphatic heterocycles. The van der Waals surface area contributed by atoms with Crippen molar-refractivity contribution in [2.24, 2.45) is 0 Å². The van der Waals surface area contributed by atoms with Crippen molar-refractivity contribution >= 4 is 7.60 Å². The van der Waals surface area contributed by atoms with E-state index in [2.05, 4.69) is 5.32 Å². The highest BCUT2D eigenvalue weighted by atomic mass is 31.2. The Hall–Kier alpha value is -0.150. The molecule has 0 aromatic carbocycles. The van der Waals surface area contributed by atoms with Gasteiger partial charge in [0.05, 0.1) is 13.2 Å². The summed E-state index contributed by atoms with van der Waals surface area (Å²) in [4.78, 5) is 0. The van der Waals surface area contributed by atoms with Crippen molar-refractivity contribution in [3.63, 3.8) is 0 Å². The second-order valence-electron chi connectivity index (χ2n) is 4.50. The van der Waals surface area contributed by atoms with E-state index in [1.54, 1.807) is 5.82 Å². The second kappa shape index (κ2) is 8.87. The molecule has 0 unspecified atom stereocenters. The molecular formula is C13H26NO3P. The maximum absolute atomic E-state index is 12.1. The van der Waals surface area contributed by atoms with E-state index in [0.29, 0.717) is 19.3 Å². The quantitative estimate of drug-likeness (QED) is 0.686. The SMILES string of the molecule is CCOP(=O)(C=CCNC1CCCCC1)OCC. The van der Waals surface area contributed by atoms with Crippen LogP contribution < -0.4 is 5.32 Å². The minimum atomic E-state index is -3.01. The van der Waals surface area contributed by atoms with Crippen molar-refractivity contribution in [2.75, 3.05) is 19.8 Å². The van der Waals surface area contributed by atoms with Crippen LogP contribution in [0.5, 0.6) is 0 Å². The second-order valence-corrected chi connectivity index (χ2v) is 6.40. The Bertz CT molecular complexity index is 278. The molecule has 18 heavy (non-hydrogen) atoms. The van der Waals surface area contributed by atoms with E-state index in [1.165, 1.54) is 32.1 Å². The highest BCUT2D eigenvalue weighted by molar-refractivity contribution is 7.57. The lowest BCUT2D eigenvalue weighted by Crippen LogP contribution is -2.30. The van der Waals surface area contributed by atoms with E-state index in [1.807, 2.05) is 19.9 Å². The summed E-state index contributed by atoms with van der Waals surface area (Å²) in [6, 6.07) is 0.613. The zero-order valence-corrected chi connectivity index (χ0v) is 12.5. The maximum Gasteiger partial charge on any atom is 0.353 e. The average Bonchev–Trinajstić information content (AvgIpc) is 2.37. The largest absolute Gasteiger partial charge is 0.353 e. The van der Waals surface area contributed by atoms with Crippen LogP contribution >= 0.6 is 7.60 Å². The van der Waals surface area contributed by atoms with Gasteiger partial charge in [-0.2, -0.15) is 0 Å². The molecule has 1 rings (SSSR count). The molecule has 1 aliphatic carbocycles. The predicted molar refractivity (Wildman–Crippen MR) is 74.9 cm³/mol. The van der Waals surface area contributed by atoms with E-state index < -0.39 is 7.60 Å². The third-order valence-electron chi connectivity index (χ3n) is 3.04. The van der Waals surface area contributed by atoms with Crippen molar-refractivity contribution in [2.45, 2.75) is 52.0 Å². The normalized spacial score (nSPS) is 18.6. The molecule has 1 aliphatic rings. The molecule has 4 nitrogen and oxygen atoms in total. The Morgan fingerprint density at radius 1 is 1.17 bits per heavy atom. The highest BCUT2D eigenvalue weighted by Gasteiger charge is 2.18. The van der Waals surface area contributed by atoms with Gasteiger partial charge >= 0.3 is 7.60 Å². The summed E-state index contributed by atoms with van der Waals surface area (Å²) < 4.78 is 22.5. The molecule has 0 aromatic heterocycles. The van der Waals surface area contributed by atoms with Crippen molar-refractivity contribution in [1.82, 2.24) is 5.32 Å². The monoisotopic (exact) mass is 275 g/mol. The number of hydrogen-bond donors (Lipinski definition) is 1. The van der Waals surface area contributed by atoms with Gasteiger partial charge in [-0.05, 0) is 26.7 Å². The van der Waals surface area contributed by atoms with Crippen LogP contribution in [0.4, 0.5) is 0 Å². The summed E-state index contributed by atoms with van der Waals surface area (Å²) >= 11 is 0. The molecule has 106 valence electrons. The van der Waals surface area contributed by atoms with Crippen LogP contribution in [0.3, 0.4) is 0 Å². The lowest BCUT2D eigenvalue weighted by Gasteiger charge is -2.22. The topological polar surface area (TPSA) is 47.6 Å². The first-order chi connectivity index (χ1) is 8.70. The van der Waals surface area contributed by atoms with Gasteiger partial charge in [0.25, 0.3) is 0 Å². The summed E-state index contributed by atoms with van der Waals surface area (Å²) in [6.45, 7) is 5.17. The molecule has 0 amide bonds. The molecular weight excluding hydrogens is 249 g/mol. The van der Waals surface area contributed by atoms with Gasteiger partial charge < -0.3 is 14.4 Å². The Labute approximate surface area is 111 Å². The first kappa shape index (κ1) is 15.9. The molecule has 5 heteroatoms. The summed E-state index contributed by atoms with van der Waals surface area (Å²) in [5.41, 5.74) is 0. The third kappa shape index (κ3) is 6.14. The third-order valence-corrected chi connectivity index (χ3v) is 4.85. The van der Waals surface area contributed by atoms with Crippen molar-refractivity contribution in [1.29, 1.82) is 0 Å². The summed E-state index contributed by atoms with van der Waals surface area (Å²) in [7, 11) is -3.01. The minimum absolute atomic E-state index is 0.400. The number of hydrogen-bond acceptors (Lipinski definition) is 4. The van der Waals surface area contributed by atoms with Crippen LogP contribution in [0, 0.1) is 0 Å². The lowest BCUT2D eigenvalue weighted by atomic mass is 9.96. The Balaban J connectivity index is 2.30. The van der Waals surface area contributed by atoms with Gasteiger partial charge in [-0.15, -0.1) is 0 Å². The van der Waals surface area contributed by atoms with E-state index in [0.717, 1.165) is 6.54 Å². The maximum atomic E-state index is 12.1. The van der Waals surface area contributed by atoms with Crippen molar-refractivity contribution < 1.29 is 13.6 Å². The minimum Gasteiger partial charge on any atom is -0.311 e. The Morgan fingerprint density at radius 2 is 1.78 bits per heavy atom. The van der Waals surface area contributed by atoms with Gasteiger partial charge in [-0.25, -0.2) is 0 Å². The molecule has 1 saturated carbocycles. The predicted octanol–water partition coefficient (Wildman–Crippen LogP) is 3.69. The summed E-state index contributed by atoms with van der Waals surface area (Å²) in [5, 5.41) is 3.46. The molecule has 0 bridgehead atoms. The zero-order chi connectivity index (χ0) is 13.3. The van der Waals surface area contributed by atoms with Gasteiger partial charge in [0.1, 0.15) is 0 Å². The van der Waals surface area contributed by atoms with E-state index in [-0.39, 0.29) is 0 Å². The smallest absolute Gasteiger partial charge is 0.311 e. The molecule has 0 aromatic rings. The number of nitrogens with one attached hydrogen (secondary N) is 1. The lowest BCUT2D eigenvalue weighted by molar-refractivity contribution is 0.229. The van der Waals surface area contributed by atoms with Crippen molar-refractivity contribution in [3.8, 4) is 0 Å². The van der Waals surface area contributed by atoms with Crippen LogP contribution in [0.15, 0.2) is 11.9 Å². The summed E-state index contributed by atoms with van der Waals surface area (Å²) in [5.74, 6) is 1.58. The first-order valence-electron chi connectivity index (χ1n) is 7.00. The highest BCUT2D eigenvalue weighted by Crippen LogP contribution is 2.49. The summed E-state index contributed by atoms with van der Waals surface area (Å²) in [6.07, 6.45) is 8.36. The van der Waals surface area contributed by atoms with E-state index >= 15 is 0 Å². The molecule has 0 spiro atoms. The standard InChI is InChI=1S/C13H26NO3P/c1-3-16-18(15,17-4-2)12-8-11-14-13-9-6-5-7-10-13/h8,12-14H,3-7,9-11H2,1-2H3. The molecule has 1 fully saturated rings. The van der Waals surface area contributed by atoms with Gasteiger partial charge in [0.2, 0.25) is 0 Å². The van der Waals surface area contributed by atoms with Gasteiger partial charge in [0.15, 0.2) is 0 Å². The number of rotatable bonds is 8.